The zero-order valence-corrected chi connectivity index (χ0v) is 13.6. The number of aldehydes is 1. The Hall–Kier alpha value is -2.82. The minimum Gasteiger partial charge on any atom is -0.490 e. The Morgan fingerprint density at radius 3 is 2.50 bits per heavy atom. The highest BCUT2D eigenvalue weighted by Gasteiger charge is 2.09. The number of imidazole rings is 1. The first-order valence-corrected chi connectivity index (χ1v) is 8.08. The van der Waals surface area contributed by atoms with Gasteiger partial charge in [0.15, 0.2) is 23.6 Å². The van der Waals surface area contributed by atoms with Gasteiger partial charge in [0.25, 0.3) is 0 Å². The Morgan fingerprint density at radius 1 is 1.04 bits per heavy atom. The van der Waals surface area contributed by atoms with Crippen LogP contribution in [-0.4, -0.2) is 29.1 Å². The van der Waals surface area contributed by atoms with E-state index in [4.69, 9.17) is 9.47 Å². The first kappa shape index (κ1) is 16.1. The summed E-state index contributed by atoms with van der Waals surface area (Å²) in [7, 11) is 0. The van der Waals surface area contributed by atoms with Gasteiger partial charge in [0.2, 0.25) is 0 Å². The van der Waals surface area contributed by atoms with Gasteiger partial charge in [-0.1, -0.05) is 24.3 Å². The molecule has 0 spiro atoms. The Bertz CT molecular complexity index is 826. The van der Waals surface area contributed by atoms with E-state index in [0.29, 0.717) is 25.6 Å². The molecule has 0 radical (unpaired) electrons. The Balaban J connectivity index is 1.64. The van der Waals surface area contributed by atoms with Crippen LogP contribution in [0.4, 0.5) is 0 Å². The van der Waals surface area contributed by atoms with Crippen molar-refractivity contribution in [1.82, 2.24) is 9.55 Å². The van der Waals surface area contributed by atoms with Crippen LogP contribution < -0.4 is 9.47 Å². The lowest BCUT2D eigenvalue weighted by Gasteiger charge is -2.12. The molecule has 0 amide bonds. The van der Waals surface area contributed by atoms with Crippen LogP contribution in [0.3, 0.4) is 0 Å². The monoisotopic (exact) mass is 324 g/mol. The van der Waals surface area contributed by atoms with E-state index in [9.17, 15) is 4.79 Å². The Morgan fingerprint density at radius 2 is 1.75 bits per heavy atom. The molecule has 0 fully saturated rings. The van der Waals surface area contributed by atoms with Gasteiger partial charge in [-0.05, 0) is 37.6 Å². The fourth-order valence-electron chi connectivity index (χ4n) is 2.67. The summed E-state index contributed by atoms with van der Waals surface area (Å²) in [5.74, 6) is 1.94. The summed E-state index contributed by atoms with van der Waals surface area (Å²) in [6, 6.07) is 15.4. The van der Waals surface area contributed by atoms with Crippen molar-refractivity contribution in [2.45, 2.75) is 19.9 Å². The maximum atomic E-state index is 11.2. The predicted molar refractivity (Wildman–Crippen MR) is 92.8 cm³/mol. The fourth-order valence-corrected chi connectivity index (χ4v) is 2.67. The molecule has 3 aromatic rings. The highest BCUT2D eigenvalue weighted by Crippen LogP contribution is 2.26. The molecule has 0 saturated carbocycles. The van der Waals surface area contributed by atoms with Gasteiger partial charge in [0.05, 0.1) is 24.2 Å². The molecule has 0 N–H and O–H groups in total. The van der Waals surface area contributed by atoms with Crippen molar-refractivity contribution in [2.75, 3.05) is 13.2 Å². The second kappa shape index (κ2) is 7.64. The van der Waals surface area contributed by atoms with Crippen LogP contribution in [0.25, 0.3) is 11.0 Å². The van der Waals surface area contributed by atoms with Gasteiger partial charge in [-0.3, -0.25) is 4.79 Å². The number of fused-ring (bicyclic) bond motifs is 1. The summed E-state index contributed by atoms with van der Waals surface area (Å²) in [4.78, 5) is 15.6. The van der Waals surface area contributed by atoms with Crippen LogP contribution in [-0.2, 0) is 6.54 Å². The van der Waals surface area contributed by atoms with Gasteiger partial charge in [-0.2, -0.15) is 0 Å². The Labute approximate surface area is 140 Å². The lowest BCUT2D eigenvalue weighted by Crippen LogP contribution is -2.08. The molecule has 0 aliphatic heterocycles. The number of carbonyl (C=O) groups is 1. The van der Waals surface area contributed by atoms with Crippen molar-refractivity contribution in [3.63, 3.8) is 0 Å². The molecule has 0 aliphatic carbocycles. The van der Waals surface area contributed by atoms with Crippen molar-refractivity contribution in [1.29, 1.82) is 0 Å². The minimum atomic E-state index is 0.450. The van der Waals surface area contributed by atoms with Crippen molar-refractivity contribution < 1.29 is 14.3 Å². The molecule has 124 valence electrons. The number of rotatable bonds is 8. The van der Waals surface area contributed by atoms with Gasteiger partial charge in [0.1, 0.15) is 0 Å². The van der Waals surface area contributed by atoms with Crippen molar-refractivity contribution >= 4 is 17.3 Å². The number of benzene rings is 2. The number of aryl methyl sites for hydroxylation is 1. The number of para-hydroxylation sites is 4. The summed E-state index contributed by atoms with van der Waals surface area (Å²) in [5.41, 5.74) is 1.80. The number of ether oxygens (including phenoxy) is 2. The number of hydrogen-bond acceptors (Lipinski definition) is 4. The second-order valence-corrected chi connectivity index (χ2v) is 5.31. The lowest BCUT2D eigenvalue weighted by molar-refractivity contribution is 0.111. The summed E-state index contributed by atoms with van der Waals surface area (Å²) < 4.78 is 13.3. The maximum Gasteiger partial charge on any atom is 0.185 e. The second-order valence-electron chi connectivity index (χ2n) is 5.31. The molecule has 0 unspecified atom stereocenters. The molecular formula is C19H20N2O3. The summed E-state index contributed by atoms with van der Waals surface area (Å²) >= 11 is 0. The highest BCUT2D eigenvalue weighted by molar-refractivity contribution is 5.82. The average Bonchev–Trinajstić information content (AvgIpc) is 2.98. The minimum absolute atomic E-state index is 0.450. The molecule has 5 nitrogen and oxygen atoms in total. The largest absolute Gasteiger partial charge is 0.490 e. The van der Waals surface area contributed by atoms with E-state index in [0.717, 1.165) is 35.2 Å². The van der Waals surface area contributed by atoms with Gasteiger partial charge in [0, 0.05) is 6.54 Å². The molecule has 0 atom stereocenters. The molecule has 1 aromatic heterocycles. The van der Waals surface area contributed by atoms with Crippen LogP contribution in [0.1, 0.15) is 24.0 Å². The number of nitrogens with zero attached hydrogens (tertiary/aromatic N) is 2. The van der Waals surface area contributed by atoms with Crippen LogP contribution in [0.2, 0.25) is 0 Å². The van der Waals surface area contributed by atoms with E-state index < -0.39 is 0 Å². The molecular weight excluding hydrogens is 304 g/mol. The van der Waals surface area contributed by atoms with Gasteiger partial charge < -0.3 is 14.0 Å². The third-order valence-electron chi connectivity index (χ3n) is 3.72. The average molecular weight is 324 g/mol. The smallest absolute Gasteiger partial charge is 0.185 e. The number of hydrogen-bond donors (Lipinski definition) is 0. The summed E-state index contributed by atoms with van der Waals surface area (Å²) in [6.45, 7) is 3.76. The van der Waals surface area contributed by atoms with Gasteiger partial charge in [-0.25, -0.2) is 4.98 Å². The van der Waals surface area contributed by atoms with Crippen molar-refractivity contribution in [3.05, 3.63) is 54.4 Å². The van der Waals surface area contributed by atoms with E-state index in [2.05, 4.69) is 4.98 Å². The normalized spacial score (nSPS) is 10.7. The quantitative estimate of drug-likeness (QED) is 0.468. The highest BCUT2D eigenvalue weighted by atomic mass is 16.5. The van der Waals surface area contributed by atoms with E-state index in [-0.39, 0.29) is 0 Å². The molecule has 0 bridgehead atoms. The standard InChI is InChI=1S/C19H20N2O3/c1-2-23-17-10-5-6-11-18(17)24-13-7-12-21-16-9-4-3-8-15(16)20-19(21)14-22/h3-6,8-11,14H,2,7,12-13H2,1H3. The molecule has 0 saturated heterocycles. The first-order chi connectivity index (χ1) is 11.8. The molecule has 3 rings (SSSR count). The fraction of sp³-hybridized carbons (Fsp3) is 0.263. The predicted octanol–water partition coefficient (Wildman–Crippen LogP) is 3.72. The zero-order chi connectivity index (χ0) is 16.8. The summed E-state index contributed by atoms with van der Waals surface area (Å²) in [5, 5.41) is 0. The van der Waals surface area contributed by atoms with E-state index >= 15 is 0 Å². The number of carbonyl (C=O) groups excluding carboxylic acids is 1. The van der Waals surface area contributed by atoms with Crippen LogP contribution in [0.15, 0.2) is 48.5 Å². The SMILES string of the molecule is CCOc1ccccc1OCCCn1c(C=O)nc2ccccc21. The lowest BCUT2D eigenvalue weighted by atomic mass is 10.3. The van der Waals surface area contributed by atoms with Crippen molar-refractivity contribution in [3.8, 4) is 11.5 Å². The van der Waals surface area contributed by atoms with E-state index in [1.54, 1.807) is 0 Å². The third-order valence-corrected chi connectivity index (χ3v) is 3.72. The molecule has 2 aromatic carbocycles. The van der Waals surface area contributed by atoms with Crippen molar-refractivity contribution in [2.24, 2.45) is 0 Å². The first-order valence-electron chi connectivity index (χ1n) is 8.08. The molecule has 5 heteroatoms. The van der Waals surface area contributed by atoms with E-state index in [1.165, 1.54) is 0 Å². The molecule has 1 heterocycles. The Kier molecular flexibility index (Phi) is 5.11. The zero-order valence-electron chi connectivity index (χ0n) is 13.6. The van der Waals surface area contributed by atoms with Gasteiger partial charge in [-0.15, -0.1) is 0 Å². The number of aromatic nitrogens is 2. The molecule has 24 heavy (non-hydrogen) atoms. The maximum absolute atomic E-state index is 11.2. The summed E-state index contributed by atoms with van der Waals surface area (Å²) in [6.07, 6.45) is 1.56. The topological polar surface area (TPSA) is 53.4 Å². The van der Waals surface area contributed by atoms with Crippen LogP contribution in [0, 0.1) is 0 Å². The molecule has 0 aliphatic rings. The van der Waals surface area contributed by atoms with E-state index in [1.807, 2.05) is 60.0 Å². The van der Waals surface area contributed by atoms with Gasteiger partial charge >= 0.3 is 0 Å². The van der Waals surface area contributed by atoms with Crippen LogP contribution >= 0.6 is 0 Å². The third kappa shape index (κ3) is 3.40. The van der Waals surface area contributed by atoms with Crippen LogP contribution in [0.5, 0.6) is 11.5 Å².